The Morgan fingerprint density at radius 3 is 1.57 bits per heavy atom. The molecule has 0 saturated carbocycles. The van der Waals surface area contributed by atoms with E-state index in [1.54, 1.807) is 0 Å². The summed E-state index contributed by atoms with van der Waals surface area (Å²) in [6.45, 7) is 3.63. The highest BCUT2D eigenvalue weighted by molar-refractivity contribution is 5.77. The van der Waals surface area contributed by atoms with Gasteiger partial charge in [-0.1, -0.05) is 84.0 Å². The van der Waals surface area contributed by atoms with Crippen LogP contribution in [0.5, 0.6) is 0 Å². The maximum absolute atomic E-state index is 11.4. The van der Waals surface area contributed by atoms with Crippen LogP contribution in [0.15, 0.2) is 0 Å². The summed E-state index contributed by atoms with van der Waals surface area (Å²) in [6, 6.07) is 0. The molecule has 136 valence electrons. The number of carbonyl (C=O) groups is 2. The van der Waals surface area contributed by atoms with Crippen LogP contribution in [0.25, 0.3) is 0 Å². The number of hydrogen-bond acceptors (Lipinski definition) is 3. The molecule has 0 aromatic rings. The molecule has 0 fully saturated rings. The van der Waals surface area contributed by atoms with Crippen LogP contribution in [0.1, 0.15) is 104 Å². The van der Waals surface area contributed by atoms with Crippen LogP contribution in [0, 0.1) is 0 Å². The third kappa shape index (κ3) is 15.6. The van der Waals surface area contributed by atoms with Gasteiger partial charge in [-0.2, -0.15) is 0 Å². The van der Waals surface area contributed by atoms with Crippen molar-refractivity contribution in [3.8, 4) is 0 Å². The first-order chi connectivity index (χ1) is 11.1. The van der Waals surface area contributed by atoms with Crippen molar-refractivity contribution in [1.29, 1.82) is 0 Å². The second-order valence-corrected chi connectivity index (χ2v) is 6.46. The van der Waals surface area contributed by atoms with E-state index in [9.17, 15) is 9.59 Å². The van der Waals surface area contributed by atoms with Crippen molar-refractivity contribution < 1.29 is 19.4 Å². The highest BCUT2D eigenvalue weighted by Crippen LogP contribution is 2.13. The number of ether oxygens (including phenoxy) is 1. The summed E-state index contributed by atoms with van der Waals surface area (Å²) in [7, 11) is 0. The average molecular weight is 328 g/mol. The summed E-state index contributed by atoms with van der Waals surface area (Å²) in [5.41, 5.74) is 0. The molecule has 0 rings (SSSR count). The molecule has 0 amide bonds. The van der Waals surface area contributed by atoms with Crippen LogP contribution in [0.4, 0.5) is 0 Å². The Morgan fingerprint density at radius 2 is 1.17 bits per heavy atom. The predicted octanol–water partition coefficient (Wildman–Crippen LogP) is 5.48. The van der Waals surface area contributed by atoms with Crippen molar-refractivity contribution in [2.75, 3.05) is 0 Å². The maximum atomic E-state index is 11.4. The van der Waals surface area contributed by atoms with Crippen molar-refractivity contribution in [3.05, 3.63) is 0 Å². The van der Waals surface area contributed by atoms with Gasteiger partial charge in [0.1, 0.15) is 0 Å². The van der Waals surface area contributed by atoms with Gasteiger partial charge in [0.05, 0.1) is 0 Å². The minimum absolute atomic E-state index is 0.329. The molecular weight excluding hydrogens is 292 g/mol. The van der Waals surface area contributed by atoms with Gasteiger partial charge >= 0.3 is 11.9 Å². The first-order valence-corrected chi connectivity index (χ1v) is 9.50. The molecule has 23 heavy (non-hydrogen) atoms. The number of rotatable bonds is 16. The minimum Gasteiger partial charge on any atom is -0.479 e. The predicted molar refractivity (Wildman–Crippen MR) is 93.5 cm³/mol. The smallest absolute Gasteiger partial charge is 0.344 e. The van der Waals surface area contributed by atoms with Crippen LogP contribution in [0.3, 0.4) is 0 Å². The fourth-order valence-electron chi connectivity index (χ4n) is 2.59. The fraction of sp³-hybridized carbons (Fsp3) is 0.895. The van der Waals surface area contributed by atoms with Gasteiger partial charge in [-0.15, -0.1) is 0 Å². The third-order valence-corrected chi connectivity index (χ3v) is 4.14. The largest absolute Gasteiger partial charge is 0.479 e. The Morgan fingerprint density at radius 1 is 0.783 bits per heavy atom. The third-order valence-electron chi connectivity index (χ3n) is 4.14. The lowest BCUT2D eigenvalue weighted by atomic mass is 10.0. The summed E-state index contributed by atoms with van der Waals surface area (Å²) in [5.74, 6) is -1.49. The molecule has 1 atom stereocenters. The van der Waals surface area contributed by atoms with Gasteiger partial charge in [0.15, 0.2) is 6.10 Å². The topological polar surface area (TPSA) is 63.6 Å². The lowest BCUT2D eigenvalue weighted by molar-refractivity contribution is -0.162. The Kier molecular flexibility index (Phi) is 15.1. The average Bonchev–Trinajstić information content (AvgIpc) is 2.51. The van der Waals surface area contributed by atoms with Crippen LogP contribution in [0.2, 0.25) is 0 Å². The Hall–Kier alpha value is -1.06. The van der Waals surface area contributed by atoms with Crippen LogP contribution >= 0.6 is 0 Å². The van der Waals surface area contributed by atoms with Crippen LogP contribution in [-0.2, 0) is 14.3 Å². The molecule has 0 aromatic heterocycles. The standard InChI is InChI=1S/C19H36O4/c1-3-4-5-6-7-8-9-10-11-12-13-14-15-16-18(20)23-17(2)19(21)22/h17H,3-16H2,1-2H3,(H,21,22). The highest BCUT2D eigenvalue weighted by atomic mass is 16.6. The zero-order chi connectivity index (χ0) is 17.3. The van der Waals surface area contributed by atoms with E-state index in [2.05, 4.69) is 6.92 Å². The number of unbranched alkanes of at least 4 members (excludes halogenated alkanes) is 12. The molecule has 1 unspecified atom stereocenters. The fourth-order valence-corrected chi connectivity index (χ4v) is 2.59. The van der Waals surface area contributed by atoms with E-state index in [1.807, 2.05) is 0 Å². The highest BCUT2D eigenvalue weighted by Gasteiger charge is 2.15. The Labute approximate surface area is 142 Å². The summed E-state index contributed by atoms with van der Waals surface area (Å²) < 4.78 is 4.78. The van der Waals surface area contributed by atoms with E-state index in [0.717, 1.165) is 19.3 Å². The second-order valence-electron chi connectivity index (χ2n) is 6.46. The molecule has 0 aliphatic heterocycles. The molecule has 0 spiro atoms. The van der Waals surface area contributed by atoms with Gasteiger partial charge in [0.2, 0.25) is 0 Å². The molecular formula is C19H36O4. The zero-order valence-corrected chi connectivity index (χ0v) is 15.1. The van der Waals surface area contributed by atoms with E-state index >= 15 is 0 Å². The van der Waals surface area contributed by atoms with Crippen LogP contribution in [-0.4, -0.2) is 23.1 Å². The molecule has 0 aromatic carbocycles. The van der Waals surface area contributed by atoms with Crippen molar-refractivity contribution >= 4 is 11.9 Å². The van der Waals surface area contributed by atoms with Gasteiger partial charge in [-0.05, 0) is 13.3 Å². The zero-order valence-electron chi connectivity index (χ0n) is 15.1. The van der Waals surface area contributed by atoms with Crippen LogP contribution < -0.4 is 0 Å². The first-order valence-electron chi connectivity index (χ1n) is 9.50. The molecule has 0 aliphatic carbocycles. The number of esters is 1. The number of carboxylic acids is 1. The van der Waals surface area contributed by atoms with Crippen molar-refractivity contribution in [1.82, 2.24) is 0 Å². The van der Waals surface area contributed by atoms with E-state index in [-0.39, 0.29) is 0 Å². The summed E-state index contributed by atoms with van der Waals surface area (Å²) in [6.07, 6.45) is 15.7. The maximum Gasteiger partial charge on any atom is 0.344 e. The van der Waals surface area contributed by atoms with Gasteiger partial charge < -0.3 is 9.84 Å². The quantitative estimate of drug-likeness (QED) is 0.301. The normalized spacial score (nSPS) is 12.1. The molecule has 1 N–H and O–H groups in total. The minimum atomic E-state index is -1.09. The lowest BCUT2D eigenvalue weighted by Crippen LogP contribution is -2.23. The van der Waals surface area contributed by atoms with E-state index in [0.29, 0.717) is 6.42 Å². The molecule has 0 radical (unpaired) electrons. The second kappa shape index (κ2) is 15.8. The van der Waals surface area contributed by atoms with E-state index < -0.39 is 18.0 Å². The first kappa shape index (κ1) is 21.9. The van der Waals surface area contributed by atoms with Crippen molar-refractivity contribution in [2.45, 2.75) is 110 Å². The van der Waals surface area contributed by atoms with Gasteiger partial charge in [-0.3, -0.25) is 4.79 Å². The number of hydrogen-bond donors (Lipinski definition) is 1. The summed E-state index contributed by atoms with van der Waals surface area (Å²) >= 11 is 0. The number of carbonyl (C=O) groups excluding carboxylic acids is 1. The summed E-state index contributed by atoms with van der Waals surface area (Å²) in [4.78, 5) is 21.9. The molecule has 0 heterocycles. The monoisotopic (exact) mass is 328 g/mol. The Bertz CT molecular complexity index is 302. The molecule has 0 bridgehead atoms. The van der Waals surface area contributed by atoms with E-state index in [4.69, 9.17) is 9.84 Å². The molecule has 0 aliphatic rings. The van der Waals surface area contributed by atoms with Crippen molar-refractivity contribution in [3.63, 3.8) is 0 Å². The van der Waals surface area contributed by atoms with E-state index in [1.165, 1.54) is 71.1 Å². The van der Waals surface area contributed by atoms with Gasteiger partial charge in [-0.25, -0.2) is 4.79 Å². The SMILES string of the molecule is CCCCCCCCCCCCCCCC(=O)OC(C)C(=O)O. The summed E-state index contributed by atoms with van der Waals surface area (Å²) in [5, 5.41) is 8.64. The number of aliphatic carboxylic acids is 1. The lowest BCUT2D eigenvalue weighted by Gasteiger charge is -2.08. The molecule has 0 saturated heterocycles. The molecule has 4 nitrogen and oxygen atoms in total. The van der Waals surface area contributed by atoms with Crippen molar-refractivity contribution in [2.24, 2.45) is 0 Å². The van der Waals surface area contributed by atoms with Gasteiger partial charge in [0, 0.05) is 6.42 Å². The molecule has 4 heteroatoms. The Balaban J connectivity index is 3.21. The number of carboxylic acid groups (broad SMARTS) is 1. The van der Waals surface area contributed by atoms with Gasteiger partial charge in [0.25, 0.3) is 0 Å².